The van der Waals surface area contributed by atoms with E-state index in [1.54, 1.807) is 67.0 Å². The van der Waals surface area contributed by atoms with Crippen molar-refractivity contribution in [3.8, 4) is 11.5 Å². The van der Waals surface area contributed by atoms with E-state index in [4.69, 9.17) is 9.47 Å². The van der Waals surface area contributed by atoms with E-state index >= 15 is 0 Å². The zero-order chi connectivity index (χ0) is 25.9. The van der Waals surface area contributed by atoms with Gasteiger partial charge in [-0.3, -0.25) is 14.8 Å². The van der Waals surface area contributed by atoms with Gasteiger partial charge in [0.1, 0.15) is 22.5 Å². The van der Waals surface area contributed by atoms with Crippen molar-refractivity contribution < 1.29 is 24.2 Å². The van der Waals surface area contributed by atoms with Crippen LogP contribution in [-0.4, -0.2) is 49.8 Å². The molecule has 0 spiro atoms. The number of carboxylic acids is 1. The minimum Gasteiger partial charge on any atom is -0.497 e. The normalized spacial score (nSPS) is 11.8. The minimum absolute atomic E-state index is 0.0285. The lowest BCUT2D eigenvalue weighted by atomic mass is 9.89. The molecule has 0 amide bonds. The standard InChI is InChI=1S/C27H20N4O5S/c1-35-17-5-8-24(36-2)18(14-17)26(32)19(11-15-3-6-20-22(12-15)29-10-9-28-20)25(27(33)34)16-4-7-21-23(13-16)31-37-30-21/h3-10,12-14H,11H2,1-2H3,(H,33,34). The highest BCUT2D eigenvalue weighted by molar-refractivity contribution is 7.00. The van der Waals surface area contributed by atoms with Gasteiger partial charge in [-0.2, -0.15) is 8.75 Å². The third-order valence-electron chi connectivity index (χ3n) is 5.90. The van der Waals surface area contributed by atoms with Gasteiger partial charge in [0.05, 0.1) is 48.1 Å². The molecule has 0 fully saturated rings. The smallest absolute Gasteiger partial charge is 0.336 e. The van der Waals surface area contributed by atoms with Crippen LogP contribution in [0.1, 0.15) is 21.5 Å². The number of hydrogen-bond acceptors (Lipinski definition) is 9. The molecule has 0 saturated heterocycles. The third-order valence-corrected chi connectivity index (χ3v) is 6.45. The number of ketones is 1. The van der Waals surface area contributed by atoms with E-state index < -0.39 is 11.8 Å². The van der Waals surface area contributed by atoms with E-state index in [2.05, 4.69) is 18.7 Å². The molecule has 0 aliphatic rings. The van der Waals surface area contributed by atoms with Crippen LogP contribution in [0.2, 0.25) is 0 Å². The molecule has 1 N–H and O–H groups in total. The van der Waals surface area contributed by atoms with Gasteiger partial charge >= 0.3 is 5.97 Å². The van der Waals surface area contributed by atoms with Gasteiger partial charge in [0, 0.05) is 24.4 Å². The van der Waals surface area contributed by atoms with Gasteiger partial charge in [0.2, 0.25) is 0 Å². The Morgan fingerprint density at radius 2 is 1.59 bits per heavy atom. The summed E-state index contributed by atoms with van der Waals surface area (Å²) < 4.78 is 19.2. The topological polar surface area (TPSA) is 124 Å². The number of carbonyl (C=O) groups excluding carboxylic acids is 1. The maximum absolute atomic E-state index is 14.1. The van der Waals surface area contributed by atoms with E-state index in [0.717, 1.165) is 11.7 Å². The van der Waals surface area contributed by atoms with Gasteiger partial charge in [-0.25, -0.2) is 4.79 Å². The first-order valence-corrected chi connectivity index (χ1v) is 11.9. The fourth-order valence-corrected chi connectivity index (χ4v) is 4.64. The van der Waals surface area contributed by atoms with Crippen molar-refractivity contribution in [1.29, 1.82) is 0 Å². The molecule has 0 unspecified atom stereocenters. The fraction of sp³-hybridized carbons (Fsp3) is 0.111. The molecule has 0 atom stereocenters. The van der Waals surface area contributed by atoms with Gasteiger partial charge in [0.15, 0.2) is 5.78 Å². The number of hydrogen-bond donors (Lipinski definition) is 1. The van der Waals surface area contributed by atoms with Gasteiger partial charge in [-0.05, 0) is 53.6 Å². The second kappa shape index (κ2) is 10.1. The van der Waals surface area contributed by atoms with Crippen LogP contribution in [-0.2, 0) is 11.2 Å². The fourth-order valence-electron chi connectivity index (χ4n) is 4.12. The number of aliphatic carboxylic acids is 1. The van der Waals surface area contributed by atoms with Crippen LogP contribution in [0.15, 0.2) is 72.6 Å². The van der Waals surface area contributed by atoms with E-state index in [1.165, 1.54) is 14.2 Å². The summed E-state index contributed by atoms with van der Waals surface area (Å²) in [7, 11) is 2.94. The number of aromatic nitrogens is 4. The van der Waals surface area contributed by atoms with Crippen molar-refractivity contribution in [2.45, 2.75) is 6.42 Å². The highest BCUT2D eigenvalue weighted by atomic mass is 32.1. The van der Waals surface area contributed by atoms with Crippen LogP contribution >= 0.6 is 11.7 Å². The average Bonchev–Trinajstić information content (AvgIpc) is 3.40. The molecule has 3 aromatic carbocycles. The molecule has 10 heteroatoms. The van der Waals surface area contributed by atoms with E-state index in [-0.39, 0.29) is 23.1 Å². The van der Waals surface area contributed by atoms with Crippen molar-refractivity contribution in [3.05, 3.63) is 89.3 Å². The van der Waals surface area contributed by atoms with Crippen LogP contribution in [0.5, 0.6) is 11.5 Å². The highest BCUT2D eigenvalue weighted by Gasteiger charge is 2.27. The summed E-state index contributed by atoms with van der Waals surface area (Å²) >= 11 is 1.03. The van der Waals surface area contributed by atoms with Crippen LogP contribution < -0.4 is 9.47 Å². The highest BCUT2D eigenvalue weighted by Crippen LogP contribution is 2.32. The molecule has 0 radical (unpaired) electrons. The Labute approximate surface area is 215 Å². The number of carboxylic acid groups (broad SMARTS) is 1. The zero-order valence-corrected chi connectivity index (χ0v) is 20.7. The molecule has 37 heavy (non-hydrogen) atoms. The maximum atomic E-state index is 14.1. The van der Waals surface area contributed by atoms with Crippen molar-refractivity contribution in [1.82, 2.24) is 18.7 Å². The second-order valence-electron chi connectivity index (χ2n) is 8.08. The first kappa shape index (κ1) is 24.0. The molecule has 9 nitrogen and oxygen atoms in total. The average molecular weight is 513 g/mol. The van der Waals surface area contributed by atoms with Gasteiger partial charge in [0.25, 0.3) is 0 Å². The summed E-state index contributed by atoms with van der Waals surface area (Å²) in [6, 6.07) is 15.2. The predicted molar refractivity (Wildman–Crippen MR) is 139 cm³/mol. The lowest BCUT2D eigenvalue weighted by molar-refractivity contribution is -0.130. The summed E-state index contributed by atoms with van der Waals surface area (Å²) in [6.45, 7) is 0. The molecule has 5 rings (SSSR count). The quantitative estimate of drug-likeness (QED) is 0.234. The summed E-state index contributed by atoms with van der Waals surface area (Å²) in [4.78, 5) is 35.4. The second-order valence-corrected chi connectivity index (χ2v) is 8.61. The molecule has 5 aromatic rings. The lowest BCUT2D eigenvalue weighted by Crippen LogP contribution is -2.15. The minimum atomic E-state index is -1.24. The first-order valence-electron chi connectivity index (χ1n) is 11.1. The Morgan fingerprint density at radius 3 is 2.35 bits per heavy atom. The molecule has 0 aliphatic carbocycles. The zero-order valence-electron chi connectivity index (χ0n) is 19.8. The molecule has 2 aromatic heterocycles. The van der Waals surface area contributed by atoms with Crippen molar-refractivity contribution in [2.75, 3.05) is 14.2 Å². The van der Waals surface area contributed by atoms with Crippen molar-refractivity contribution in [3.63, 3.8) is 0 Å². The van der Waals surface area contributed by atoms with Gasteiger partial charge in [-0.1, -0.05) is 12.1 Å². The Bertz CT molecular complexity index is 1700. The van der Waals surface area contributed by atoms with Gasteiger partial charge < -0.3 is 14.6 Å². The Hall–Kier alpha value is -4.70. The largest absolute Gasteiger partial charge is 0.497 e. The lowest BCUT2D eigenvalue weighted by Gasteiger charge is -2.16. The summed E-state index contributed by atoms with van der Waals surface area (Å²) in [5.74, 6) is -0.995. The first-order chi connectivity index (χ1) is 18.0. The summed E-state index contributed by atoms with van der Waals surface area (Å²) in [5, 5.41) is 10.4. The van der Waals surface area contributed by atoms with Crippen molar-refractivity contribution >= 4 is 51.1 Å². The number of ether oxygens (including phenoxy) is 2. The number of fused-ring (bicyclic) bond motifs is 2. The maximum Gasteiger partial charge on any atom is 0.336 e. The third kappa shape index (κ3) is 4.74. The van der Waals surface area contributed by atoms with Crippen LogP contribution in [0.4, 0.5) is 0 Å². The SMILES string of the molecule is COc1ccc(OC)c(C(=O)C(Cc2ccc3nccnc3c2)=C(C(=O)O)c2ccc3nsnc3c2)c1. The number of allylic oxidation sites excluding steroid dienone is 1. The Morgan fingerprint density at radius 1 is 0.838 bits per heavy atom. The van der Waals surface area contributed by atoms with Crippen LogP contribution in [0.25, 0.3) is 27.6 Å². The number of nitrogens with zero attached hydrogens (tertiary/aromatic N) is 4. The van der Waals surface area contributed by atoms with Crippen LogP contribution in [0, 0.1) is 0 Å². The molecular formula is C27H20N4O5S. The molecule has 0 aliphatic heterocycles. The Balaban J connectivity index is 1.73. The van der Waals surface area contributed by atoms with Gasteiger partial charge in [-0.15, -0.1) is 0 Å². The van der Waals surface area contributed by atoms with Crippen LogP contribution in [0.3, 0.4) is 0 Å². The summed E-state index contributed by atoms with van der Waals surface area (Å²) in [6.07, 6.45) is 3.20. The number of benzene rings is 3. The van der Waals surface area contributed by atoms with E-state index in [0.29, 0.717) is 44.7 Å². The monoisotopic (exact) mass is 512 g/mol. The molecule has 0 saturated carbocycles. The molecule has 184 valence electrons. The number of rotatable bonds is 8. The number of carbonyl (C=O) groups is 2. The van der Waals surface area contributed by atoms with E-state index in [9.17, 15) is 14.7 Å². The number of methoxy groups -OCH3 is 2. The summed E-state index contributed by atoms with van der Waals surface area (Å²) in [5.41, 5.74) is 3.70. The number of Topliss-reactive ketones (excluding diaryl/α,β-unsaturated/α-hetero) is 1. The Kier molecular flexibility index (Phi) is 6.57. The molecular weight excluding hydrogens is 492 g/mol. The predicted octanol–water partition coefficient (Wildman–Crippen LogP) is 4.62. The molecule has 2 heterocycles. The van der Waals surface area contributed by atoms with E-state index in [1.807, 2.05) is 0 Å². The van der Waals surface area contributed by atoms with Crippen molar-refractivity contribution in [2.24, 2.45) is 0 Å². The molecule has 0 bridgehead atoms.